The fourth-order valence-electron chi connectivity index (χ4n) is 3.27. The molecule has 116 valence electrons. The Labute approximate surface area is 136 Å². The number of Topliss-reactive ketones (excluding diaryl/α,β-unsaturated/α-hetero) is 1. The van der Waals surface area contributed by atoms with Crippen molar-refractivity contribution in [1.29, 1.82) is 0 Å². The first-order chi connectivity index (χ1) is 11.6. The van der Waals surface area contributed by atoms with Gasteiger partial charge in [-0.1, -0.05) is 48.5 Å². The summed E-state index contributed by atoms with van der Waals surface area (Å²) in [7, 11) is 0. The summed E-state index contributed by atoms with van der Waals surface area (Å²) in [6, 6.07) is 15.6. The highest BCUT2D eigenvalue weighted by molar-refractivity contribution is 6.41. The summed E-state index contributed by atoms with van der Waals surface area (Å²) in [5.74, 6) is -0.875. The molecule has 0 aliphatic heterocycles. The molecule has 24 heavy (non-hydrogen) atoms. The molecule has 0 spiro atoms. The summed E-state index contributed by atoms with van der Waals surface area (Å²) in [6.07, 6.45) is 0.229. The quantitative estimate of drug-likeness (QED) is 0.193. The molecule has 0 saturated carbocycles. The molecular formula is C20H12O4. The molecule has 0 fully saturated rings. The molecular weight excluding hydrogens is 304 g/mol. The van der Waals surface area contributed by atoms with Gasteiger partial charge in [0.1, 0.15) is 11.5 Å². The molecule has 4 aromatic rings. The molecule has 0 aromatic heterocycles. The fourth-order valence-corrected chi connectivity index (χ4v) is 3.27. The third kappa shape index (κ3) is 1.80. The molecule has 4 aromatic carbocycles. The Hall–Kier alpha value is -3.40. The van der Waals surface area contributed by atoms with E-state index < -0.39 is 5.78 Å². The third-order valence-electron chi connectivity index (χ3n) is 4.33. The van der Waals surface area contributed by atoms with Crippen LogP contribution in [0.15, 0.2) is 54.6 Å². The van der Waals surface area contributed by atoms with Crippen molar-refractivity contribution < 1.29 is 19.8 Å². The van der Waals surface area contributed by atoms with E-state index in [1.807, 2.05) is 0 Å². The maximum absolute atomic E-state index is 12.3. The van der Waals surface area contributed by atoms with E-state index in [0.717, 1.165) is 0 Å². The Morgan fingerprint density at radius 3 is 2.04 bits per heavy atom. The minimum Gasteiger partial charge on any atom is -0.507 e. The molecule has 4 heteroatoms. The first-order valence-corrected chi connectivity index (χ1v) is 7.41. The van der Waals surface area contributed by atoms with Crippen LogP contribution in [0.2, 0.25) is 0 Å². The van der Waals surface area contributed by atoms with Gasteiger partial charge in [-0.05, 0) is 16.8 Å². The second-order valence-corrected chi connectivity index (χ2v) is 5.62. The zero-order valence-electron chi connectivity index (χ0n) is 12.5. The third-order valence-corrected chi connectivity index (χ3v) is 4.33. The van der Waals surface area contributed by atoms with Gasteiger partial charge in [-0.3, -0.25) is 9.59 Å². The van der Waals surface area contributed by atoms with Crippen LogP contribution in [0.25, 0.3) is 32.3 Å². The van der Waals surface area contributed by atoms with Crippen LogP contribution in [-0.4, -0.2) is 22.3 Å². The van der Waals surface area contributed by atoms with Crippen LogP contribution in [0.3, 0.4) is 0 Å². The molecule has 0 bridgehead atoms. The van der Waals surface area contributed by atoms with Crippen LogP contribution in [0.5, 0.6) is 11.5 Å². The molecule has 0 aliphatic carbocycles. The Morgan fingerprint density at radius 1 is 0.792 bits per heavy atom. The molecule has 4 nitrogen and oxygen atoms in total. The highest BCUT2D eigenvalue weighted by Gasteiger charge is 2.21. The van der Waals surface area contributed by atoms with Gasteiger partial charge in [-0.25, -0.2) is 0 Å². The average Bonchev–Trinajstić information content (AvgIpc) is 2.63. The maximum Gasteiger partial charge on any atom is 0.226 e. The van der Waals surface area contributed by atoms with Gasteiger partial charge >= 0.3 is 0 Å². The summed E-state index contributed by atoms with van der Waals surface area (Å²) in [6.45, 7) is 0. The number of aldehydes is 1. The average molecular weight is 316 g/mol. The minimum absolute atomic E-state index is 0.0240. The van der Waals surface area contributed by atoms with E-state index in [1.165, 1.54) is 0 Å². The molecule has 0 atom stereocenters. The van der Waals surface area contributed by atoms with E-state index >= 15 is 0 Å². The first-order valence-electron chi connectivity index (χ1n) is 7.41. The SMILES string of the molecule is O=CC(=O)c1c2ccccc2cc2c(O)c3ccccc3c(O)c12. The predicted octanol–water partition coefficient (Wildman–Crippen LogP) is 3.94. The summed E-state index contributed by atoms with van der Waals surface area (Å²) < 4.78 is 0. The van der Waals surface area contributed by atoms with Crippen molar-refractivity contribution in [2.45, 2.75) is 0 Å². The second kappa shape index (κ2) is 5.06. The molecule has 0 aliphatic rings. The largest absolute Gasteiger partial charge is 0.507 e. The Bertz CT molecular complexity index is 1160. The predicted molar refractivity (Wildman–Crippen MR) is 92.7 cm³/mol. The van der Waals surface area contributed by atoms with Gasteiger partial charge in [0.05, 0.1) is 0 Å². The van der Waals surface area contributed by atoms with Crippen LogP contribution in [0.4, 0.5) is 0 Å². The highest BCUT2D eigenvalue weighted by Crippen LogP contribution is 2.44. The van der Waals surface area contributed by atoms with Crippen LogP contribution >= 0.6 is 0 Å². The number of fused-ring (bicyclic) bond motifs is 3. The minimum atomic E-state index is -0.734. The monoisotopic (exact) mass is 316 g/mol. The van der Waals surface area contributed by atoms with Crippen molar-refractivity contribution in [2.24, 2.45) is 0 Å². The number of hydrogen-bond acceptors (Lipinski definition) is 4. The lowest BCUT2D eigenvalue weighted by Gasteiger charge is -2.14. The number of aromatic hydroxyl groups is 2. The van der Waals surface area contributed by atoms with Crippen molar-refractivity contribution in [3.8, 4) is 11.5 Å². The number of benzene rings is 4. The summed E-state index contributed by atoms with van der Waals surface area (Å²) in [4.78, 5) is 23.4. The van der Waals surface area contributed by atoms with Crippen LogP contribution in [0, 0.1) is 0 Å². The van der Waals surface area contributed by atoms with E-state index in [0.29, 0.717) is 26.9 Å². The number of hydrogen-bond donors (Lipinski definition) is 2. The fraction of sp³-hybridized carbons (Fsp3) is 0. The number of phenols is 2. The topological polar surface area (TPSA) is 74.6 Å². The van der Waals surface area contributed by atoms with E-state index in [-0.39, 0.29) is 28.7 Å². The Kier molecular flexibility index (Phi) is 3.00. The van der Waals surface area contributed by atoms with Crippen LogP contribution < -0.4 is 0 Å². The highest BCUT2D eigenvalue weighted by atomic mass is 16.3. The van der Waals surface area contributed by atoms with Gasteiger partial charge in [0.2, 0.25) is 5.78 Å². The Morgan fingerprint density at radius 2 is 1.38 bits per heavy atom. The van der Waals surface area contributed by atoms with Gasteiger partial charge in [-0.15, -0.1) is 0 Å². The number of phenolic OH excluding ortho intramolecular Hbond substituents is 2. The molecule has 0 heterocycles. The maximum atomic E-state index is 12.3. The molecule has 0 saturated heterocycles. The van der Waals surface area contributed by atoms with Gasteiger partial charge in [0.25, 0.3) is 0 Å². The number of rotatable bonds is 2. The summed E-state index contributed by atoms with van der Waals surface area (Å²) >= 11 is 0. The summed E-state index contributed by atoms with van der Waals surface area (Å²) in [5, 5.41) is 24.1. The standard InChI is InChI=1S/C20H12O4/c21-10-16(22)17-12-6-2-1-5-11(12)9-15-18(17)20(24)14-8-4-3-7-13(14)19(15)23/h1-10,23-24H. The second-order valence-electron chi connectivity index (χ2n) is 5.62. The number of carbonyl (C=O) groups is 2. The van der Waals surface area contributed by atoms with Crippen molar-refractivity contribution in [1.82, 2.24) is 0 Å². The van der Waals surface area contributed by atoms with Crippen molar-refractivity contribution >= 4 is 44.4 Å². The zero-order valence-corrected chi connectivity index (χ0v) is 12.5. The zero-order chi connectivity index (χ0) is 16.8. The normalized spacial score (nSPS) is 11.2. The lowest BCUT2D eigenvalue weighted by atomic mass is 9.91. The Balaban J connectivity index is 2.38. The molecule has 2 N–H and O–H groups in total. The van der Waals surface area contributed by atoms with Gasteiger partial charge in [0, 0.05) is 27.1 Å². The molecule has 0 amide bonds. The van der Waals surface area contributed by atoms with Crippen LogP contribution in [0.1, 0.15) is 10.4 Å². The number of carbonyl (C=O) groups excluding carboxylic acids is 2. The lowest BCUT2D eigenvalue weighted by molar-refractivity contribution is -0.104. The molecule has 4 rings (SSSR count). The number of ketones is 1. The molecule has 0 radical (unpaired) electrons. The van der Waals surface area contributed by atoms with Gasteiger partial charge in [0.15, 0.2) is 6.29 Å². The van der Waals surface area contributed by atoms with Crippen LogP contribution in [-0.2, 0) is 4.79 Å². The van der Waals surface area contributed by atoms with E-state index in [2.05, 4.69) is 0 Å². The van der Waals surface area contributed by atoms with E-state index in [9.17, 15) is 19.8 Å². The van der Waals surface area contributed by atoms with Crippen molar-refractivity contribution in [3.05, 3.63) is 60.2 Å². The van der Waals surface area contributed by atoms with Gasteiger partial charge < -0.3 is 10.2 Å². The summed E-state index contributed by atoms with van der Waals surface area (Å²) in [5.41, 5.74) is 0.108. The van der Waals surface area contributed by atoms with Crippen molar-refractivity contribution in [2.75, 3.05) is 0 Å². The molecule has 0 unspecified atom stereocenters. The first kappa shape index (κ1) is 14.2. The van der Waals surface area contributed by atoms with Crippen molar-refractivity contribution in [3.63, 3.8) is 0 Å². The smallest absolute Gasteiger partial charge is 0.226 e. The van der Waals surface area contributed by atoms with E-state index in [4.69, 9.17) is 0 Å². The van der Waals surface area contributed by atoms with E-state index in [1.54, 1.807) is 54.6 Å². The lowest BCUT2D eigenvalue weighted by Crippen LogP contribution is -2.03. The van der Waals surface area contributed by atoms with Gasteiger partial charge in [-0.2, -0.15) is 0 Å².